The highest BCUT2D eigenvalue weighted by atomic mass is 32.2. The van der Waals surface area contributed by atoms with Gasteiger partial charge in [0.1, 0.15) is 5.75 Å². The molecular weight excluding hydrogens is 362 g/mol. The van der Waals surface area contributed by atoms with Crippen molar-refractivity contribution in [3.05, 3.63) is 60.0 Å². The predicted molar refractivity (Wildman–Crippen MR) is 105 cm³/mol. The first-order valence-corrected chi connectivity index (χ1v) is 10.3. The lowest BCUT2D eigenvalue weighted by Gasteiger charge is -2.15. The molecule has 0 saturated heterocycles. The molecule has 7 heteroatoms. The van der Waals surface area contributed by atoms with Crippen LogP contribution in [0.4, 0.5) is 0 Å². The predicted octanol–water partition coefficient (Wildman–Crippen LogP) is 4.49. The maximum absolute atomic E-state index is 13.5. The van der Waals surface area contributed by atoms with Crippen LogP contribution in [0.25, 0.3) is 11.4 Å². The number of ether oxygens (including phenoxy) is 1. The lowest BCUT2D eigenvalue weighted by atomic mass is 10.1. The Balaban J connectivity index is 1.85. The van der Waals surface area contributed by atoms with E-state index in [2.05, 4.69) is 14.5 Å². The average molecular weight is 385 g/mol. The first-order chi connectivity index (χ1) is 12.9. The third-order valence-electron chi connectivity index (χ3n) is 4.21. The lowest BCUT2D eigenvalue weighted by Crippen LogP contribution is -2.14. The van der Waals surface area contributed by atoms with E-state index in [1.54, 1.807) is 14.0 Å². The summed E-state index contributed by atoms with van der Waals surface area (Å²) < 4.78 is 28.3. The highest BCUT2D eigenvalue weighted by Gasteiger charge is 2.17. The Kier molecular flexibility index (Phi) is 5.60. The number of hydrogen-bond acceptors (Lipinski definition) is 6. The van der Waals surface area contributed by atoms with Gasteiger partial charge in [-0.15, -0.1) is 0 Å². The van der Waals surface area contributed by atoms with Gasteiger partial charge in [0, 0.05) is 22.6 Å². The maximum Gasteiger partial charge on any atom is 0.223 e. The topological polar surface area (TPSA) is 77.6 Å². The molecule has 1 unspecified atom stereocenters. The molecule has 1 aromatic heterocycles. The highest BCUT2D eigenvalue weighted by Crippen LogP contribution is 2.23. The third kappa shape index (κ3) is 4.19. The van der Waals surface area contributed by atoms with Crippen LogP contribution < -0.4 is 4.74 Å². The summed E-state index contributed by atoms with van der Waals surface area (Å²) in [4.78, 5) is 4.94. The molecule has 0 radical (unpaired) electrons. The van der Waals surface area contributed by atoms with Crippen LogP contribution in [-0.4, -0.2) is 26.7 Å². The minimum absolute atomic E-state index is 0.104. The minimum Gasteiger partial charge on any atom is -0.497 e. The number of benzene rings is 2. The summed E-state index contributed by atoms with van der Waals surface area (Å²) in [7, 11) is -0.927. The van der Waals surface area contributed by atoms with Crippen molar-refractivity contribution in [2.75, 3.05) is 7.11 Å². The molecule has 0 amide bonds. The number of methoxy groups -OCH3 is 1. The van der Waals surface area contributed by atoms with E-state index in [9.17, 15) is 4.21 Å². The van der Waals surface area contributed by atoms with E-state index in [0.717, 1.165) is 21.8 Å². The summed E-state index contributed by atoms with van der Waals surface area (Å²) in [6, 6.07) is 15.0. The van der Waals surface area contributed by atoms with Crippen LogP contribution in [0.5, 0.6) is 5.75 Å². The SMILES string of the molecule is COc1ccc(S(=O)(=NCc2ccc(-c3noc(C)n3)cc2)C(C)C)cc1. The Morgan fingerprint density at radius 1 is 1.11 bits per heavy atom. The van der Waals surface area contributed by atoms with Gasteiger partial charge in [0.05, 0.1) is 23.4 Å². The molecule has 3 rings (SSSR count). The lowest BCUT2D eigenvalue weighted by molar-refractivity contribution is 0.394. The number of rotatable bonds is 6. The van der Waals surface area contributed by atoms with Crippen molar-refractivity contribution in [3.63, 3.8) is 0 Å². The quantitative estimate of drug-likeness (QED) is 0.625. The molecule has 2 aromatic carbocycles. The van der Waals surface area contributed by atoms with Crippen LogP contribution in [0.2, 0.25) is 0 Å². The van der Waals surface area contributed by atoms with E-state index in [1.807, 2.05) is 62.4 Å². The van der Waals surface area contributed by atoms with Crippen LogP contribution >= 0.6 is 0 Å². The Hall–Kier alpha value is -2.67. The van der Waals surface area contributed by atoms with Crippen LogP contribution in [0.3, 0.4) is 0 Å². The number of hydrogen-bond donors (Lipinski definition) is 0. The van der Waals surface area contributed by atoms with Gasteiger partial charge >= 0.3 is 0 Å². The first-order valence-electron chi connectivity index (χ1n) is 8.68. The molecule has 0 saturated carbocycles. The van der Waals surface area contributed by atoms with Crippen molar-refractivity contribution in [1.29, 1.82) is 0 Å². The average Bonchev–Trinajstić information content (AvgIpc) is 3.12. The van der Waals surface area contributed by atoms with Crippen molar-refractivity contribution in [3.8, 4) is 17.1 Å². The summed E-state index contributed by atoms with van der Waals surface area (Å²) in [6.07, 6.45) is 0. The summed E-state index contributed by atoms with van der Waals surface area (Å²) in [5.41, 5.74) is 1.84. The standard InChI is InChI=1S/C20H23N3O3S/c1-14(2)27(24,19-11-9-18(25-4)10-12-19)21-13-16-5-7-17(8-6-16)20-22-15(3)26-23-20/h5-12,14H,13H2,1-4H3. The fraction of sp³-hybridized carbons (Fsp3) is 0.300. The molecule has 0 aliphatic rings. The second-order valence-electron chi connectivity index (χ2n) is 6.41. The van der Waals surface area contributed by atoms with Gasteiger partial charge in [-0.05, 0) is 43.7 Å². The zero-order valence-electron chi connectivity index (χ0n) is 15.9. The van der Waals surface area contributed by atoms with Crippen LogP contribution in [0, 0.1) is 6.92 Å². The molecule has 142 valence electrons. The molecule has 0 bridgehead atoms. The van der Waals surface area contributed by atoms with Crippen molar-refractivity contribution < 1.29 is 13.5 Å². The van der Waals surface area contributed by atoms with E-state index in [-0.39, 0.29) is 5.25 Å². The van der Waals surface area contributed by atoms with Gasteiger partial charge in [-0.25, -0.2) is 8.57 Å². The highest BCUT2D eigenvalue weighted by molar-refractivity contribution is 7.94. The van der Waals surface area contributed by atoms with E-state index >= 15 is 0 Å². The molecule has 0 aliphatic heterocycles. The molecule has 0 fully saturated rings. The van der Waals surface area contributed by atoms with Gasteiger partial charge < -0.3 is 9.26 Å². The maximum atomic E-state index is 13.5. The van der Waals surface area contributed by atoms with Crippen LogP contribution in [0.15, 0.2) is 62.3 Å². The number of nitrogens with zero attached hydrogens (tertiary/aromatic N) is 3. The fourth-order valence-corrected chi connectivity index (χ4v) is 4.47. The minimum atomic E-state index is -2.54. The molecule has 3 aromatic rings. The monoisotopic (exact) mass is 385 g/mol. The largest absolute Gasteiger partial charge is 0.497 e. The van der Waals surface area contributed by atoms with Gasteiger partial charge in [-0.3, -0.25) is 0 Å². The third-order valence-corrected chi connectivity index (χ3v) is 6.95. The molecular formula is C20H23N3O3S. The van der Waals surface area contributed by atoms with Gasteiger partial charge in [-0.1, -0.05) is 29.4 Å². The molecule has 0 N–H and O–H groups in total. The summed E-state index contributed by atoms with van der Waals surface area (Å²) in [5, 5.41) is 3.81. The van der Waals surface area contributed by atoms with Crippen molar-refractivity contribution in [2.24, 2.45) is 4.36 Å². The molecule has 1 heterocycles. The van der Waals surface area contributed by atoms with Gasteiger partial charge in [0.25, 0.3) is 0 Å². The molecule has 6 nitrogen and oxygen atoms in total. The van der Waals surface area contributed by atoms with Crippen LogP contribution in [0.1, 0.15) is 25.3 Å². The van der Waals surface area contributed by atoms with E-state index in [4.69, 9.17) is 9.26 Å². The molecule has 1 atom stereocenters. The Labute approximate surface area is 159 Å². The Morgan fingerprint density at radius 2 is 1.78 bits per heavy atom. The Bertz CT molecular complexity index is 1020. The Morgan fingerprint density at radius 3 is 2.30 bits per heavy atom. The van der Waals surface area contributed by atoms with E-state index < -0.39 is 9.73 Å². The van der Waals surface area contributed by atoms with Crippen molar-refractivity contribution in [2.45, 2.75) is 37.5 Å². The van der Waals surface area contributed by atoms with Crippen molar-refractivity contribution in [1.82, 2.24) is 10.1 Å². The number of aryl methyl sites for hydroxylation is 1. The summed E-state index contributed by atoms with van der Waals surface area (Å²) >= 11 is 0. The van der Waals surface area contributed by atoms with Crippen LogP contribution in [-0.2, 0) is 16.3 Å². The zero-order chi connectivity index (χ0) is 19.4. The van der Waals surface area contributed by atoms with Gasteiger partial charge in [0.2, 0.25) is 11.7 Å². The van der Waals surface area contributed by atoms with E-state index in [1.165, 1.54) is 0 Å². The summed E-state index contributed by atoms with van der Waals surface area (Å²) in [6.45, 7) is 5.98. The normalized spacial score (nSPS) is 13.4. The molecule has 0 aliphatic carbocycles. The van der Waals surface area contributed by atoms with Crippen molar-refractivity contribution >= 4 is 9.73 Å². The molecule has 27 heavy (non-hydrogen) atoms. The van der Waals surface area contributed by atoms with E-state index in [0.29, 0.717) is 18.3 Å². The number of aromatic nitrogens is 2. The smallest absolute Gasteiger partial charge is 0.223 e. The van der Waals surface area contributed by atoms with Gasteiger partial charge in [-0.2, -0.15) is 4.98 Å². The fourth-order valence-electron chi connectivity index (χ4n) is 2.61. The first kappa shape index (κ1) is 19.1. The van der Waals surface area contributed by atoms with Gasteiger partial charge in [0.15, 0.2) is 0 Å². The molecule has 0 spiro atoms. The second kappa shape index (κ2) is 7.92. The second-order valence-corrected chi connectivity index (χ2v) is 9.22. The zero-order valence-corrected chi connectivity index (χ0v) is 16.7. The summed E-state index contributed by atoms with van der Waals surface area (Å²) in [5.74, 6) is 1.82.